The van der Waals surface area contributed by atoms with Gasteiger partial charge < -0.3 is 9.73 Å². The zero-order valence-electron chi connectivity index (χ0n) is 11.3. The number of furan rings is 1. The molecule has 18 heavy (non-hydrogen) atoms. The molecule has 0 amide bonds. The van der Waals surface area contributed by atoms with Crippen molar-refractivity contribution in [3.05, 3.63) is 36.3 Å². The van der Waals surface area contributed by atoms with Crippen LogP contribution in [0.15, 0.2) is 29.4 Å². The third-order valence-electron chi connectivity index (χ3n) is 3.29. The van der Waals surface area contributed by atoms with Gasteiger partial charge in [-0.1, -0.05) is 13.0 Å². The number of nitrogens with zero attached hydrogens (tertiary/aromatic N) is 1. The molecule has 3 heteroatoms. The summed E-state index contributed by atoms with van der Waals surface area (Å²) in [6, 6.07) is 2.83. The third kappa shape index (κ3) is 4.00. The minimum atomic E-state index is 0.743. The molecule has 0 aromatic carbocycles. The highest BCUT2D eigenvalue weighted by atomic mass is 16.3. The SMILES string of the molecule is C=CCN(CCC)Cc1occc1CNC1CC1. The summed E-state index contributed by atoms with van der Waals surface area (Å²) in [5.74, 6) is 1.10. The molecule has 1 aromatic rings. The van der Waals surface area contributed by atoms with Crippen molar-refractivity contribution >= 4 is 0 Å². The molecule has 1 aliphatic carbocycles. The van der Waals surface area contributed by atoms with Crippen molar-refractivity contribution in [1.29, 1.82) is 0 Å². The van der Waals surface area contributed by atoms with Crippen LogP contribution in [0.5, 0.6) is 0 Å². The number of rotatable bonds is 9. The van der Waals surface area contributed by atoms with Gasteiger partial charge >= 0.3 is 0 Å². The summed E-state index contributed by atoms with van der Waals surface area (Å²) in [7, 11) is 0. The molecule has 0 unspecified atom stereocenters. The largest absolute Gasteiger partial charge is 0.468 e. The van der Waals surface area contributed by atoms with E-state index in [2.05, 4.69) is 29.8 Å². The van der Waals surface area contributed by atoms with E-state index in [1.165, 1.54) is 18.4 Å². The van der Waals surface area contributed by atoms with Crippen molar-refractivity contribution in [2.24, 2.45) is 0 Å². The van der Waals surface area contributed by atoms with E-state index in [-0.39, 0.29) is 0 Å². The van der Waals surface area contributed by atoms with E-state index in [0.29, 0.717) is 0 Å². The standard InChI is InChI=1S/C15H24N2O/c1-3-8-17(9-4-2)12-15-13(7-10-18-15)11-16-14-5-6-14/h3,7,10,14,16H,1,4-6,8-9,11-12H2,2H3. The van der Waals surface area contributed by atoms with E-state index in [4.69, 9.17) is 4.42 Å². The zero-order valence-corrected chi connectivity index (χ0v) is 11.3. The first-order valence-corrected chi connectivity index (χ1v) is 6.95. The molecule has 1 heterocycles. The Bertz CT molecular complexity index is 368. The monoisotopic (exact) mass is 248 g/mol. The van der Waals surface area contributed by atoms with E-state index in [0.717, 1.165) is 44.4 Å². The van der Waals surface area contributed by atoms with Gasteiger partial charge in [-0.05, 0) is 31.9 Å². The van der Waals surface area contributed by atoms with E-state index >= 15 is 0 Å². The van der Waals surface area contributed by atoms with Crippen LogP contribution in [0.4, 0.5) is 0 Å². The van der Waals surface area contributed by atoms with Gasteiger partial charge in [-0.15, -0.1) is 6.58 Å². The molecular weight excluding hydrogens is 224 g/mol. The Morgan fingerprint density at radius 2 is 2.39 bits per heavy atom. The van der Waals surface area contributed by atoms with Crippen molar-refractivity contribution in [2.45, 2.75) is 45.3 Å². The third-order valence-corrected chi connectivity index (χ3v) is 3.29. The van der Waals surface area contributed by atoms with Gasteiger partial charge in [0.1, 0.15) is 5.76 Å². The van der Waals surface area contributed by atoms with E-state index in [9.17, 15) is 0 Å². The van der Waals surface area contributed by atoms with E-state index in [1.807, 2.05) is 6.08 Å². The lowest BCUT2D eigenvalue weighted by Gasteiger charge is -2.19. The lowest BCUT2D eigenvalue weighted by Crippen LogP contribution is -2.25. The summed E-state index contributed by atoms with van der Waals surface area (Å²) < 4.78 is 5.62. The van der Waals surface area contributed by atoms with Gasteiger partial charge in [0.2, 0.25) is 0 Å². The van der Waals surface area contributed by atoms with E-state index < -0.39 is 0 Å². The smallest absolute Gasteiger partial charge is 0.122 e. The molecule has 0 saturated heterocycles. The fraction of sp³-hybridized carbons (Fsp3) is 0.600. The fourth-order valence-corrected chi connectivity index (χ4v) is 2.14. The van der Waals surface area contributed by atoms with Gasteiger partial charge in [0.05, 0.1) is 12.8 Å². The second-order valence-corrected chi connectivity index (χ2v) is 5.05. The predicted octanol–water partition coefficient (Wildman–Crippen LogP) is 2.93. The van der Waals surface area contributed by atoms with Crippen LogP contribution in [0.2, 0.25) is 0 Å². The van der Waals surface area contributed by atoms with Crippen LogP contribution in [0.1, 0.15) is 37.5 Å². The molecule has 0 bridgehead atoms. The Morgan fingerprint density at radius 3 is 3.06 bits per heavy atom. The summed E-state index contributed by atoms with van der Waals surface area (Å²) in [5, 5.41) is 3.54. The Balaban J connectivity index is 1.89. The molecule has 1 fully saturated rings. The Kier molecular flexibility index (Phi) is 5.02. The van der Waals surface area contributed by atoms with Gasteiger partial charge in [-0.25, -0.2) is 0 Å². The number of hydrogen-bond acceptors (Lipinski definition) is 3. The quantitative estimate of drug-likeness (QED) is 0.681. The van der Waals surface area contributed by atoms with Crippen molar-refractivity contribution in [2.75, 3.05) is 13.1 Å². The van der Waals surface area contributed by atoms with Crippen LogP contribution in [0, 0.1) is 0 Å². The first-order chi connectivity index (χ1) is 8.83. The second kappa shape index (κ2) is 6.76. The predicted molar refractivity (Wildman–Crippen MR) is 74.3 cm³/mol. The molecule has 0 radical (unpaired) electrons. The highest BCUT2D eigenvalue weighted by Gasteiger charge is 2.21. The van der Waals surface area contributed by atoms with Crippen LogP contribution < -0.4 is 5.32 Å². The molecule has 0 spiro atoms. The number of hydrogen-bond donors (Lipinski definition) is 1. The van der Waals surface area contributed by atoms with Crippen molar-refractivity contribution in [1.82, 2.24) is 10.2 Å². The molecule has 0 atom stereocenters. The second-order valence-electron chi connectivity index (χ2n) is 5.05. The topological polar surface area (TPSA) is 28.4 Å². The Hall–Kier alpha value is -1.06. The van der Waals surface area contributed by atoms with Crippen LogP contribution in [0.3, 0.4) is 0 Å². The molecule has 0 aliphatic heterocycles. The first kappa shape index (κ1) is 13.4. The van der Waals surface area contributed by atoms with Crippen LogP contribution in [0.25, 0.3) is 0 Å². The lowest BCUT2D eigenvalue weighted by atomic mass is 10.2. The Morgan fingerprint density at radius 1 is 1.56 bits per heavy atom. The van der Waals surface area contributed by atoms with Gasteiger partial charge in [-0.3, -0.25) is 4.90 Å². The fourth-order valence-electron chi connectivity index (χ4n) is 2.14. The summed E-state index contributed by atoms with van der Waals surface area (Å²) in [6.07, 6.45) is 7.57. The molecule has 1 aliphatic rings. The van der Waals surface area contributed by atoms with Crippen molar-refractivity contribution in [3.63, 3.8) is 0 Å². The van der Waals surface area contributed by atoms with Crippen LogP contribution in [-0.2, 0) is 13.1 Å². The van der Waals surface area contributed by atoms with Gasteiger partial charge in [0, 0.05) is 24.7 Å². The van der Waals surface area contributed by atoms with Crippen molar-refractivity contribution in [3.8, 4) is 0 Å². The molecule has 1 N–H and O–H groups in total. The average molecular weight is 248 g/mol. The molecular formula is C15H24N2O. The molecule has 2 rings (SSSR count). The lowest BCUT2D eigenvalue weighted by molar-refractivity contribution is 0.267. The molecule has 1 saturated carbocycles. The zero-order chi connectivity index (χ0) is 12.8. The van der Waals surface area contributed by atoms with Crippen molar-refractivity contribution < 1.29 is 4.42 Å². The van der Waals surface area contributed by atoms with Gasteiger partial charge in [-0.2, -0.15) is 0 Å². The minimum Gasteiger partial charge on any atom is -0.468 e. The maximum atomic E-state index is 5.62. The normalized spacial score (nSPS) is 15.2. The summed E-state index contributed by atoms with van der Waals surface area (Å²) in [6.45, 7) is 9.84. The summed E-state index contributed by atoms with van der Waals surface area (Å²) in [4.78, 5) is 2.37. The van der Waals surface area contributed by atoms with Crippen LogP contribution in [-0.4, -0.2) is 24.0 Å². The molecule has 3 nitrogen and oxygen atoms in total. The first-order valence-electron chi connectivity index (χ1n) is 6.95. The summed E-state index contributed by atoms with van der Waals surface area (Å²) in [5.41, 5.74) is 1.30. The van der Waals surface area contributed by atoms with Gasteiger partial charge in [0.25, 0.3) is 0 Å². The maximum absolute atomic E-state index is 5.62. The number of nitrogens with one attached hydrogen (secondary N) is 1. The molecule has 100 valence electrons. The van der Waals surface area contributed by atoms with Crippen LogP contribution >= 0.6 is 0 Å². The average Bonchev–Trinajstić information content (AvgIpc) is 3.09. The van der Waals surface area contributed by atoms with Gasteiger partial charge in [0.15, 0.2) is 0 Å². The highest BCUT2D eigenvalue weighted by molar-refractivity contribution is 5.17. The molecule has 1 aromatic heterocycles. The van der Waals surface area contributed by atoms with E-state index in [1.54, 1.807) is 6.26 Å². The highest BCUT2D eigenvalue weighted by Crippen LogP contribution is 2.20. The Labute approximate surface area is 110 Å². The maximum Gasteiger partial charge on any atom is 0.122 e. The minimum absolute atomic E-state index is 0.743. The summed E-state index contributed by atoms with van der Waals surface area (Å²) >= 11 is 0.